The first kappa shape index (κ1) is 11.8. The van der Waals surface area contributed by atoms with Gasteiger partial charge in [-0.15, -0.1) is 0 Å². The highest BCUT2D eigenvalue weighted by atomic mass is 32.2. The Kier molecular flexibility index (Phi) is 3.82. The molecule has 1 radical (unpaired) electrons. The molecule has 0 bridgehead atoms. The molecular weight excluding hydrogens is 204 g/mol. The van der Waals surface area contributed by atoms with Gasteiger partial charge in [-0.3, -0.25) is 14.1 Å². The van der Waals surface area contributed by atoms with Crippen LogP contribution in [-0.2, 0) is 19.7 Å². The number of hydrogen-bond donors (Lipinski definition) is 3. The summed E-state index contributed by atoms with van der Waals surface area (Å²) in [4.78, 5) is 20.3. The van der Waals surface area contributed by atoms with Gasteiger partial charge in [0.1, 0.15) is 0 Å². The highest BCUT2D eigenvalue weighted by Gasteiger charge is 2.28. The molecule has 0 saturated heterocycles. The molecule has 0 aromatic heterocycles. The van der Waals surface area contributed by atoms with Crippen molar-refractivity contribution < 1.29 is 32.8 Å². The molecule has 0 amide bonds. The van der Waals surface area contributed by atoms with Crippen LogP contribution in [0.15, 0.2) is 0 Å². The van der Waals surface area contributed by atoms with Gasteiger partial charge in [-0.05, 0) is 6.42 Å². The van der Waals surface area contributed by atoms with Crippen LogP contribution in [0.25, 0.3) is 0 Å². The molecule has 0 fully saturated rings. The monoisotopic (exact) mass is 211 g/mol. The Balaban J connectivity index is 4.30. The third-order valence-electron chi connectivity index (χ3n) is 1.13. The number of rotatable bonds is 5. The fourth-order valence-corrected chi connectivity index (χ4v) is 0.998. The summed E-state index contributed by atoms with van der Waals surface area (Å²) in [6.07, 6.45) is -0.733. The minimum Gasteiger partial charge on any atom is -0.480 e. The zero-order valence-corrected chi connectivity index (χ0v) is 7.11. The molecule has 0 aromatic rings. The first-order valence-corrected chi connectivity index (χ1v) is 4.62. The Morgan fingerprint density at radius 2 is 1.46 bits per heavy atom. The highest BCUT2D eigenvalue weighted by molar-refractivity contribution is 7.85. The number of hydrogen-bond acceptors (Lipinski definition) is 4. The Bertz CT molecular complexity index is 289. The molecule has 0 unspecified atom stereocenters. The van der Waals surface area contributed by atoms with Crippen molar-refractivity contribution in [2.75, 3.05) is 5.75 Å². The normalized spacial score (nSPS) is 11.5. The highest BCUT2D eigenvalue weighted by Crippen LogP contribution is 2.07. The smallest absolute Gasteiger partial charge is 0.322 e. The molecule has 8 heteroatoms. The summed E-state index contributed by atoms with van der Waals surface area (Å²) in [5.74, 6) is -5.31. The largest absolute Gasteiger partial charge is 0.480 e. The van der Waals surface area contributed by atoms with Crippen molar-refractivity contribution in [2.24, 2.45) is 0 Å². The van der Waals surface area contributed by atoms with Gasteiger partial charge in [-0.1, -0.05) is 0 Å². The van der Waals surface area contributed by atoms with Gasteiger partial charge in [0.05, 0.1) is 5.75 Å². The maximum absolute atomic E-state index is 10.2. The average Bonchev–Trinajstić information content (AvgIpc) is 1.82. The van der Waals surface area contributed by atoms with E-state index in [1.54, 1.807) is 0 Å². The fourth-order valence-electron chi connectivity index (χ4n) is 0.536. The van der Waals surface area contributed by atoms with Crippen LogP contribution in [0.2, 0.25) is 0 Å². The molecular formula is C5H7O7S. The molecule has 0 aliphatic carbocycles. The van der Waals surface area contributed by atoms with Crippen molar-refractivity contribution >= 4 is 22.1 Å². The van der Waals surface area contributed by atoms with E-state index in [0.717, 1.165) is 0 Å². The summed E-state index contributed by atoms with van der Waals surface area (Å²) < 4.78 is 28.5. The predicted molar refractivity (Wildman–Crippen MR) is 39.5 cm³/mol. The molecule has 0 saturated carbocycles. The quantitative estimate of drug-likeness (QED) is 0.393. The molecule has 75 valence electrons. The third kappa shape index (κ3) is 5.15. The van der Waals surface area contributed by atoms with E-state index in [4.69, 9.17) is 14.8 Å². The van der Waals surface area contributed by atoms with Crippen LogP contribution < -0.4 is 0 Å². The Labute approximate surface area is 73.7 Å². The average molecular weight is 211 g/mol. The first-order chi connectivity index (χ1) is 5.74. The molecule has 3 N–H and O–H groups in total. The molecule has 0 atom stereocenters. The van der Waals surface area contributed by atoms with Crippen molar-refractivity contribution in [3.05, 3.63) is 5.92 Å². The van der Waals surface area contributed by atoms with Gasteiger partial charge in [-0.2, -0.15) is 8.42 Å². The first-order valence-electron chi connectivity index (χ1n) is 3.01. The van der Waals surface area contributed by atoms with E-state index in [2.05, 4.69) is 0 Å². The van der Waals surface area contributed by atoms with Crippen molar-refractivity contribution in [1.29, 1.82) is 0 Å². The number of carboxylic acid groups (broad SMARTS) is 2. The maximum Gasteiger partial charge on any atom is 0.322 e. The zero-order valence-electron chi connectivity index (χ0n) is 6.30. The second kappa shape index (κ2) is 4.19. The third-order valence-corrected chi connectivity index (χ3v) is 1.85. The van der Waals surface area contributed by atoms with E-state index in [1.807, 2.05) is 0 Å². The number of aliphatic carboxylic acids is 2. The van der Waals surface area contributed by atoms with Crippen LogP contribution in [0.1, 0.15) is 6.42 Å². The molecule has 13 heavy (non-hydrogen) atoms. The van der Waals surface area contributed by atoms with Crippen LogP contribution >= 0.6 is 0 Å². The standard InChI is InChI=1S/C5H7O7S/c6-4(7)3(5(8)9)1-2-13(10,11)12/h1-2H2,(H,6,7)(H,8,9)(H,10,11,12). The molecule has 0 heterocycles. The van der Waals surface area contributed by atoms with Gasteiger partial charge >= 0.3 is 11.9 Å². The van der Waals surface area contributed by atoms with Crippen LogP contribution in [0, 0.1) is 5.92 Å². The summed E-state index contributed by atoms with van der Waals surface area (Å²) in [5.41, 5.74) is 0. The van der Waals surface area contributed by atoms with E-state index < -0.39 is 40.1 Å². The van der Waals surface area contributed by atoms with Gasteiger partial charge in [0.2, 0.25) is 0 Å². The van der Waals surface area contributed by atoms with Gasteiger partial charge in [0, 0.05) is 0 Å². The van der Waals surface area contributed by atoms with Crippen LogP contribution in [0.3, 0.4) is 0 Å². The van der Waals surface area contributed by atoms with E-state index in [1.165, 1.54) is 0 Å². The van der Waals surface area contributed by atoms with E-state index in [-0.39, 0.29) is 0 Å². The molecule has 7 nitrogen and oxygen atoms in total. The molecule has 0 aliphatic heterocycles. The topological polar surface area (TPSA) is 129 Å². The molecule has 0 spiro atoms. The van der Waals surface area contributed by atoms with Crippen LogP contribution in [0.5, 0.6) is 0 Å². The SMILES string of the molecule is O=C(O)[C](CCS(=O)(=O)O)C(=O)O. The Morgan fingerprint density at radius 1 is 1.08 bits per heavy atom. The van der Waals surface area contributed by atoms with E-state index >= 15 is 0 Å². The maximum atomic E-state index is 10.2. The van der Waals surface area contributed by atoms with Crippen molar-refractivity contribution in [3.8, 4) is 0 Å². The minimum atomic E-state index is -4.33. The summed E-state index contributed by atoms with van der Waals surface area (Å²) >= 11 is 0. The number of carbonyl (C=O) groups is 2. The Morgan fingerprint density at radius 3 is 1.69 bits per heavy atom. The molecule has 0 aliphatic rings. The van der Waals surface area contributed by atoms with Gasteiger partial charge < -0.3 is 10.2 Å². The summed E-state index contributed by atoms with van der Waals surface area (Å²) in [5, 5.41) is 16.5. The summed E-state index contributed by atoms with van der Waals surface area (Å²) in [6, 6.07) is 0. The van der Waals surface area contributed by atoms with Crippen LogP contribution in [0.4, 0.5) is 0 Å². The van der Waals surface area contributed by atoms with Gasteiger partial charge in [0.15, 0.2) is 5.92 Å². The lowest BCUT2D eigenvalue weighted by Crippen LogP contribution is -2.23. The van der Waals surface area contributed by atoms with Gasteiger partial charge in [0.25, 0.3) is 10.1 Å². The Hall–Kier alpha value is -1.15. The minimum absolute atomic E-state index is 0.733. The molecule has 0 rings (SSSR count). The summed E-state index contributed by atoms with van der Waals surface area (Å²) in [7, 11) is -4.33. The van der Waals surface area contributed by atoms with Crippen molar-refractivity contribution in [3.63, 3.8) is 0 Å². The summed E-state index contributed by atoms with van der Waals surface area (Å²) in [6.45, 7) is 0. The predicted octanol–water partition coefficient (Wildman–Crippen LogP) is -0.992. The van der Waals surface area contributed by atoms with Crippen LogP contribution in [-0.4, -0.2) is 40.9 Å². The zero-order chi connectivity index (χ0) is 10.6. The van der Waals surface area contributed by atoms with E-state index in [0.29, 0.717) is 0 Å². The van der Waals surface area contributed by atoms with E-state index in [9.17, 15) is 18.0 Å². The lowest BCUT2D eigenvalue weighted by atomic mass is 10.1. The van der Waals surface area contributed by atoms with Crippen molar-refractivity contribution in [1.82, 2.24) is 0 Å². The fraction of sp³-hybridized carbons (Fsp3) is 0.400. The molecule has 0 aromatic carbocycles. The second-order valence-corrected chi connectivity index (χ2v) is 3.70. The lowest BCUT2D eigenvalue weighted by Gasteiger charge is -2.03. The van der Waals surface area contributed by atoms with Gasteiger partial charge in [-0.25, -0.2) is 0 Å². The second-order valence-electron chi connectivity index (χ2n) is 2.12. The lowest BCUT2D eigenvalue weighted by molar-refractivity contribution is -0.144. The number of carboxylic acids is 2. The van der Waals surface area contributed by atoms with Crippen molar-refractivity contribution in [2.45, 2.75) is 6.42 Å².